The van der Waals surface area contributed by atoms with Gasteiger partial charge in [-0.2, -0.15) is 8.75 Å². The molecule has 0 aliphatic heterocycles. The lowest BCUT2D eigenvalue weighted by atomic mass is 10.3. The molecule has 0 spiro atoms. The van der Waals surface area contributed by atoms with Gasteiger partial charge in [-0.05, 0) is 47.8 Å². The van der Waals surface area contributed by atoms with Crippen molar-refractivity contribution in [2.75, 3.05) is 5.73 Å². The maximum atomic E-state index is 5.82. The van der Waals surface area contributed by atoms with Crippen LogP contribution in [0.2, 0.25) is 0 Å². The Balaban J connectivity index is 3.02. The summed E-state index contributed by atoms with van der Waals surface area (Å²) in [5.74, 6) is 0. The molecule has 0 fully saturated rings. The quantitative estimate of drug-likeness (QED) is 0.555. The fourth-order valence-corrected chi connectivity index (χ4v) is 3.33. The molecule has 0 saturated heterocycles. The fourth-order valence-electron chi connectivity index (χ4n) is 0.923. The number of benzene rings is 1. The monoisotopic (exact) mass is 385 g/mol. The molecule has 0 atom stereocenters. The normalized spacial score (nSPS) is 11.0. The van der Waals surface area contributed by atoms with Crippen molar-refractivity contribution >= 4 is 76.2 Å². The van der Waals surface area contributed by atoms with E-state index in [9.17, 15) is 0 Å². The molecule has 1 heterocycles. The molecule has 2 aromatic rings. The molecule has 68 valence electrons. The highest BCUT2D eigenvalue weighted by molar-refractivity contribution is 9.13. The Morgan fingerprint density at radius 3 is 2.08 bits per heavy atom. The second-order valence-electron chi connectivity index (χ2n) is 2.32. The second kappa shape index (κ2) is 3.45. The Bertz CT molecular complexity index is 439. The van der Waals surface area contributed by atoms with E-state index < -0.39 is 0 Å². The summed E-state index contributed by atoms with van der Waals surface area (Å²) in [5, 5.41) is 0. The molecule has 7 heteroatoms. The Kier molecular flexibility index (Phi) is 2.61. The number of nitrogens with two attached hydrogens (primary N) is 1. The standard InChI is InChI=1S/C6H2Br3N3S/c7-1-2(8)5-6(12-13-11-5)3(9)4(1)10/h10H2. The van der Waals surface area contributed by atoms with Crippen LogP contribution in [0.4, 0.5) is 5.69 Å². The van der Waals surface area contributed by atoms with Crippen LogP contribution in [0.15, 0.2) is 13.4 Å². The first-order valence-corrected chi connectivity index (χ1v) is 6.28. The van der Waals surface area contributed by atoms with E-state index >= 15 is 0 Å². The highest BCUT2D eigenvalue weighted by atomic mass is 79.9. The molecule has 0 bridgehead atoms. The zero-order valence-corrected chi connectivity index (χ0v) is 11.6. The van der Waals surface area contributed by atoms with Gasteiger partial charge in [-0.3, -0.25) is 0 Å². The van der Waals surface area contributed by atoms with Gasteiger partial charge in [0.2, 0.25) is 0 Å². The number of hydrogen-bond donors (Lipinski definition) is 1. The number of nitrogen functional groups attached to an aromatic ring is 1. The molecule has 2 rings (SSSR count). The first kappa shape index (κ1) is 9.82. The molecule has 0 unspecified atom stereocenters. The largest absolute Gasteiger partial charge is 0.397 e. The van der Waals surface area contributed by atoms with Crippen LogP contribution in [0.25, 0.3) is 11.0 Å². The van der Waals surface area contributed by atoms with Crippen LogP contribution in [0.3, 0.4) is 0 Å². The molecule has 0 aliphatic carbocycles. The Hall–Kier alpha value is 0.280. The Labute approximate surface area is 103 Å². The Morgan fingerprint density at radius 2 is 1.46 bits per heavy atom. The third-order valence-corrected chi connectivity index (χ3v) is 5.03. The topological polar surface area (TPSA) is 51.8 Å². The third-order valence-electron chi connectivity index (χ3n) is 1.57. The van der Waals surface area contributed by atoms with Crippen molar-refractivity contribution in [3.63, 3.8) is 0 Å². The maximum Gasteiger partial charge on any atom is 0.122 e. The van der Waals surface area contributed by atoms with Crippen LogP contribution >= 0.6 is 59.5 Å². The molecule has 3 nitrogen and oxygen atoms in total. The molecule has 1 aromatic carbocycles. The molecule has 0 amide bonds. The summed E-state index contributed by atoms with van der Waals surface area (Å²) in [6, 6.07) is 0. The minimum Gasteiger partial charge on any atom is -0.397 e. The van der Waals surface area contributed by atoms with Gasteiger partial charge in [0.15, 0.2) is 0 Å². The predicted octanol–water partition coefficient (Wildman–Crippen LogP) is 3.56. The second-order valence-corrected chi connectivity index (χ2v) is 5.22. The summed E-state index contributed by atoms with van der Waals surface area (Å²) in [6.07, 6.45) is 0. The number of nitrogens with zero attached hydrogens (tertiary/aromatic N) is 2. The molecule has 1 aromatic heterocycles. The number of hydrogen-bond acceptors (Lipinski definition) is 4. The lowest BCUT2D eigenvalue weighted by Gasteiger charge is -2.03. The van der Waals surface area contributed by atoms with E-state index in [2.05, 4.69) is 56.5 Å². The van der Waals surface area contributed by atoms with Crippen molar-refractivity contribution in [3.05, 3.63) is 13.4 Å². The van der Waals surface area contributed by atoms with Gasteiger partial charge >= 0.3 is 0 Å². The zero-order valence-electron chi connectivity index (χ0n) is 6.01. The number of aromatic nitrogens is 2. The van der Waals surface area contributed by atoms with E-state index in [0.717, 1.165) is 36.2 Å². The minimum atomic E-state index is 0.632. The fraction of sp³-hybridized carbons (Fsp3) is 0. The van der Waals surface area contributed by atoms with E-state index in [1.807, 2.05) is 0 Å². The molecular weight excluding hydrogens is 386 g/mol. The van der Waals surface area contributed by atoms with Crippen molar-refractivity contribution in [2.45, 2.75) is 0 Å². The minimum absolute atomic E-state index is 0.632. The number of fused-ring (bicyclic) bond motifs is 1. The van der Waals surface area contributed by atoms with Gasteiger partial charge in [-0.25, -0.2) is 0 Å². The van der Waals surface area contributed by atoms with Gasteiger partial charge in [0, 0.05) is 0 Å². The van der Waals surface area contributed by atoms with Crippen LogP contribution in [-0.4, -0.2) is 8.75 Å². The van der Waals surface area contributed by atoms with Crippen molar-refractivity contribution < 1.29 is 0 Å². The first-order valence-electron chi connectivity index (χ1n) is 3.17. The first-order chi connectivity index (χ1) is 6.13. The van der Waals surface area contributed by atoms with Crippen LogP contribution in [-0.2, 0) is 0 Å². The highest BCUT2D eigenvalue weighted by Gasteiger charge is 2.15. The van der Waals surface area contributed by atoms with Gasteiger partial charge in [-0.1, -0.05) is 0 Å². The summed E-state index contributed by atoms with van der Waals surface area (Å²) in [7, 11) is 0. The smallest absolute Gasteiger partial charge is 0.122 e. The van der Waals surface area contributed by atoms with E-state index in [0.29, 0.717) is 5.69 Å². The average Bonchev–Trinajstić information content (AvgIpc) is 2.59. The molecule has 13 heavy (non-hydrogen) atoms. The van der Waals surface area contributed by atoms with Gasteiger partial charge in [0.1, 0.15) is 11.0 Å². The molecule has 0 aliphatic rings. The van der Waals surface area contributed by atoms with Gasteiger partial charge in [-0.15, -0.1) is 0 Å². The van der Waals surface area contributed by atoms with Crippen LogP contribution in [0.5, 0.6) is 0 Å². The van der Waals surface area contributed by atoms with E-state index in [-0.39, 0.29) is 0 Å². The maximum absolute atomic E-state index is 5.82. The average molecular weight is 388 g/mol. The number of halogens is 3. The van der Waals surface area contributed by atoms with E-state index in [4.69, 9.17) is 5.73 Å². The predicted molar refractivity (Wildman–Crippen MR) is 64.9 cm³/mol. The van der Waals surface area contributed by atoms with Crippen molar-refractivity contribution in [2.24, 2.45) is 0 Å². The molecular formula is C6H2Br3N3S. The number of rotatable bonds is 0. The molecule has 0 saturated carbocycles. The van der Waals surface area contributed by atoms with Crippen molar-refractivity contribution in [1.82, 2.24) is 8.75 Å². The molecule has 0 radical (unpaired) electrons. The summed E-state index contributed by atoms with van der Waals surface area (Å²) in [4.78, 5) is 0. The van der Waals surface area contributed by atoms with Crippen LogP contribution in [0.1, 0.15) is 0 Å². The zero-order chi connectivity index (χ0) is 9.59. The summed E-state index contributed by atoms with van der Waals surface area (Å²) < 4.78 is 10.7. The third kappa shape index (κ3) is 1.42. The van der Waals surface area contributed by atoms with Crippen LogP contribution < -0.4 is 5.73 Å². The lowest BCUT2D eigenvalue weighted by molar-refractivity contribution is 1.54. The summed E-state index contributed by atoms with van der Waals surface area (Å²) >= 11 is 11.3. The van der Waals surface area contributed by atoms with Gasteiger partial charge in [0.25, 0.3) is 0 Å². The SMILES string of the molecule is Nc1c(Br)c(Br)c2nsnc2c1Br. The highest BCUT2D eigenvalue weighted by Crippen LogP contribution is 2.41. The number of anilines is 1. The van der Waals surface area contributed by atoms with E-state index in [1.54, 1.807) is 0 Å². The van der Waals surface area contributed by atoms with E-state index in [1.165, 1.54) is 0 Å². The van der Waals surface area contributed by atoms with Crippen molar-refractivity contribution in [1.29, 1.82) is 0 Å². The van der Waals surface area contributed by atoms with Gasteiger partial charge < -0.3 is 5.73 Å². The lowest BCUT2D eigenvalue weighted by Crippen LogP contribution is -1.91. The van der Waals surface area contributed by atoms with Crippen LogP contribution in [0, 0.1) is 0 Å². The Morgan fingerprint density at radius 1 is 0.923 bits per heavy atom. The van der Waals surface area contributed by atoms with Crippen molar-refractivity contribution in [3.8, 4) is 0 Å². The molecule has 2 N–H and O–H groups in total. The van der Waals surface area contributed by atoms with Gasteiger partial charge in [0.05, 0.1) is 30.8 Å². The summed E-state index contributed by atoms with van der Waals surface area (Å²) in [5.41, 5.74) is 8.06. The summed E-state index contributed by atoms with van der Waals surface area (Å²) in [6.45, 7) is 0.